The van der Waals surface area contributed by atoms with Crippen molar-refractivity contribution in [3.8, 4) is 0 Å². The van der Waals surface area contributed by atoms with Gasteiger partial charge in [0.05, 0.1) is 12.1 Å². The Morgan fingerprint density at radius 2 is 1.93 bits per heavy atom. The van der Waals surface area contributed by atoms with Gasteiger partial charge in [-0.05, 0) is 18.4 Å². The summed E-state index contributed by atoms with van der Waals surface area (Å²) in [5.41, 5.74) is 7.19. The average molecular weight is 214 g/mol. The Kier molecular flexibility index (Phi) is 3.93. The Balaban J connectivity index is 0.000000980. The van der Waals surface area contributed by atoms with Gasteiger partial charge in [0.1, 0.15) is 0 Å². The minimum absolute atomic E-state index is 0. The van der Waals surface area contributed by atoms with E-state index < -0.39 is 0 Å². The summed E-state index contributed by atoms with van der Waals surface area (Å²) in [6.45, 7) is 1.50. The molecule has 1 fully saturated rings. The van der Waals surface area contributed by atoms with E-state index in [0.717, 1.165) is 19.4 Å². The van der Waals surface area contributed by atoms with Crippen molar-refractivity contribution in [1.29, 1.82) is 0 Å². The topological polar surface area (TPSA) is 35.2 Å². The SMILES string of the molecule is Cl.NC1(c2ccccc2)CCCOC1. The molecule has 1 atom stereocenters. The first-order valence-electron chi connectivity index (χ1n) is 4.73. The molecule has 1 aliphatic heterocycles. The first-order valence-corrected chi connectivity index (χ1v) is 4.73. The lowest BCUT2D eigenvalue weighted by Crippen LogP contribution is -2.44. The Morgan fingerprint density at radius 3 is 2.50 bits per heavy atom. The normalized spacial score (nSPS) is 26.6. The standard InChI is InChI=1S/C11H15NO.ClH/c12-11(7-4-8-13-9-11)10-5-2-1-3-6-10;/h1-3,5-6H,4,7-9,12H2;1H. The molecule has 1 saturated heterocycles. The van der Waals surface area contributed by atoms with Crippen molar-refractivity contribution in [3.05, 3.63) is 35.9 Å². The predicted octanol–water partition coefficient (Wildman–Crippen LogP) is 2.07. The van der Waals surface area contributed by atoms with Gasteiger partial charge in [0.2, 0.25) is 0 Å². The highest BCUT2D eigenvalue weighted by Crippen LogP contribution is 2.27. The molecular weight excluding hydrogens is 198 g/mol. The Bertz CT molecular complexity index is 270. The molecule has 0 amide bonds. The van der Waals surface area contributed by atoms with E-state index in [1.807, 2.05) is 18.2 Å². The molecule has 0 radical (unpaired) electrons. The second kappa shape index (κ2) is 4.78. The second-order valence-corrected chi connectivity index (χ2v) is 3.68. The monoisotopic (exact) mass is 213 g/mol. The summed E-state index contributed by atoms with van der Waals surface area (Å²) in [7, 11) is 0. The van der Waals surface area contributed by atoms with Crippen LogP contribution in [0.5, 0.6) is 0 Å². The van der Waals surface area contributed by atoms with Crippen LogP contribution in [0.2, 0.25) is 0 Å². The molecular formula is C11H16ClNO. The maximum absolute atomic E-state index is 6.26. The first kappa shape index (κ1) is 11.5. The molecule has 1 heterocycles. The lowest BCUT2D eigenvalue weighted by molar-refractivity contribution is 0.0367. The van der Waals surface area contributed by atoms with Gasteiger partial charge in [-0.15, -0.1) is 12.4 Å². The van der Waals surface area contributed by atoms with Crippen molar-refractivity contribution in [2.24, 2.45) is 5.73 Å². The zero-order chi connectivity index (χ0) is 9.15. The molecule has 1 aromatic carbocycles. The molecule has 2 N–H and O–H groups in total. The van der Waals surface area contributed by atoms with Gasteiger partial charge in [-0.2, -0.15) is 0 Å². The van der Waals surface area contributed by atoms with E-state index in [1.54, 1.807) is 0 Å². The van der Waals surface area contributed by atoms with Crippen LogP contribution in [0.15, 0.2) is 30.3 Å². The van der Waals surface area contributed by atoms with E-state index >= 15 is 0 Å². The van der Waals surface area contributed by atoms with Crippen LogP contribution in [-0.2, 0) is 10.3 Å². The number of ether oxygens (including phenoxy) is 1. The molecule has 1 unspecified atom stereocenters. The highest BCUT2D eigenvalue weighted by atomic mass is 35.5. The molecule has 3 heteroatoms. The fraction of sp³-hybridized carbons (Fsp3) is 0.455. The van der Waals surface area contributed by atoms with Crippen molar-refractivity contribution >= 4 is 12.4 Å². The van der Waals surface area contributed by atoms with E-state index in [0.29, 0.717) is 6.61 Å². The van der Waals surface area contributed by atoms with Crippen LogP contribution in [0.4, 0.5) is 0 Å². The van der Waals surface area contributed by atoms with Crippen molar-refractivity contribution in [2.75, 3.05) is 13.2 Å². The molecule has 0 aromatic heterocycles. The van der Waals surface area contributed by atoms with Crippen molar-refractivity contribution in [2.45, 2.75) is 18.4 Å². The van der Waals surface area contributed by atoms with Crippen LogP contribution in [-0.4, -0.2) is 13.2 Å². The van der Waals surface area contributed by atoms with Gasteiger partial charge in [0.15, 0.2) is 0 Å². The molecule has 0 saturated carbocycles. The number of hydrogen-bond donors (Lipinski definition) is 1. The molecule has 0 bridgehead atoms. The van der Waals surface area contributed by atoms with Gasteiger partial charge in [0.25, 0.3) is 0 Å². The van der Waals surface area contributed by atoms with E-state index in [9.17, 15) is 0 Å². The molecule has 0 aliphatic carbocycles. The van der Waals surface area contributed by atoms with Gasteiger partial charge in [0, 0.05) is 6.61 Å². The average Bonchev–Trinajstić information content (AvgIpc) is 2.20. The maximum Gasteiger partial charge on any atom is 0.0688 e. The highest BCUT2D eigenvalue weighted by molar-refractivity contribution is 5.85. The summed E-state index contributed by atoms with van der Waals surface area (Å²) in [6.07, 6.45) is 2.09. The Hall–Kier alpha value is -0.570. The number of hydrogen-bond acceptors (Lipinski definition) is 2. The Labute approximate surface area is 90.9 Å². The molecule has 0 spiro atoms. The smallest absolute Gasteiger partial charge is 0.0688 e. The van der Waals surface area contributed by atoms with Crippen molar-refractivity contribution in [3.63, 3.8) is 0 Å². The summed E-state index contributed by atoms with van der Waals surface area (Å²) >= 11 is 0. The van der Waals surface area contributed by atoms with Gasteiger partial charge >= 0.3 is 0 Å². The lowest BCUT2D eigenvalue weighted by atomic mass is 9.86. The lowest BCUT2D eigenvalue weighted by Gasteiger charge is -2.33. The van der Waals surface area contributed by atoms with Crippen LogP contribution < -0.4 is 5.73 Å². The minimum atomic E-state index is -0.250. The summed E-state index contributed by atoms with van der Waals surface area (Å²) in [6, 6.07) is 10.2. The van der Waals surface area contributed by atoms with Crippen LogP contribution in [0.1, 0.15) is 18.4 Å². The molecule has 2 rings (SSSR count). The molecule has 2 nitrogen and oxygen atoms in total. The molecule has 78 valence electrons. The van der Waals surface area contributed by atoms with Gasteiger partial charge in [-0.3, -0.25) is 0 Å². The van der Waals surface area contributed by atoms with E-state index in [1.165, 1.54) is 5.56 Å². The third-order valence-electron chi connectivity index (χ3n) is 2.62. The van der Waals surface area contributed by atoms with Gasteiger partial charge < -0.3 is 10.5 Å². The third-order valence-corrected chi connectivity index (χ3v) is 2.62. The molecule has 1 aliphatic rings. The van der Waals surface area contributed by atoms with Crippen molar-refractivity contribution in [1.82, 2.24) is 0 Å². The number of benzene rings is 1. The fourth-order valence-electron chi connectivity index (χ4n) is 1.81. The quantitative estimate of drug-likeness (QED) is 0.775. The first-order chi connectivity index (χ1) is 6.31. The number of halogens is 1. The van der Waals surface area contributed by atoms with E-state index in [4.69, 9.17) is 10.5 Å². The van der Waals surface area contributed by atoms with Gasteiger partial charge in [-0.25, -0.2) is 0 Å². The predicted molar refractivity (Wildman–Crippen MR) is 59.6 cm³/mol. The third kappa shape index (κ3) is 2.27. The summed E-state index contributed by atoms with van der Waals surface area (Å²) in [4.78, 5) is 0. The summed E-state index contributed by atoms with van der Waals surface area (Å²) < 4.78 is 5.41. The highest BCUT2D eigenvalue weighted by Gasteiger charge is 2.29. The zero-order valence-corrected chi connectivity index (χ0v) is 8.93. The number of nitrogens with two attached hydrogens (primary N) is 1. The summed E-state index contributed by atoms with van der Waals surface area (Å²) in [5, 5.41) is 0. The second-order valence-electron chi connectivity index (χ2n) is 3.68. The van der Waals surface area contributed by atoms with Crippen LogP contribution in [0.25, 0.3) is 0 Å². The maximum atomic E-state index is 6.26. The fourth-order valence-corrected chi connectivity index (χ4v) is 1.81. The van der Waals surface area contributed by atoms with Crippen molar-refractivity contribution < 1.29 is 4.74 Å². The van der Waals surface area contributed by atoms with Crippen LogP contribution >= 0.6 is 12.4 Å². The number of rotatable bonds is 1. The van der Waals surface area contributed by atoms with Gasteiger partial charge in [-0.1, -0.05) is 30.3 Å². The van der Waals surface area contributed by atoms with Crippen LogP contribution in [0.3, 0.4) is 0 Å². The van der Waals surface area contributed by atoms with E-state index in [-0.39, 0.29) is 17.9 Å². The minimum Gasteiger partial charge on any atom is -0.379 e. The molecule has 1 aromatic rings. The molecule has 14 heavy (non-hydrogen) atoms. The van der Waals surface area contributed by atoms with Crippen LogP contribution in [0, 0.1) is 0 Å². The van der Waals surface area contributed by atoms with E-state index in [2.05, 4.69) is 12.1 Å². The summed E-state index contributed by atoms with van der Waals surface area (Å²) in [5.74, 6) is 0. The largest absolute Gasteiger partial charge is 0.379 e. The Morgan fingerprint density at radius 1 is 1.21 bits per heavy atom. The zero-order valence-electron chi connectivity index (χ0n) is 8.11.